The zero-order chi connectivity index (χ0) is 16.2. The standard InChI is InChI=1S/C17H9F2N3S/c18-14-2-1-3-15(19)13(14)8-12(9-20)17-22-16(10-23-17)11-4-6-21-7-5-11/h1-8,10H/b12-8+. The van der Waals surface area contributed by atoms with Crippen molar-refractivity contribution in [2.75, 3.05) is 0 Å². The van der Waals surface area contributed by atoms with Crippen molar-refractivity contribution >= 4 is 23.0 Å². The molecule has 0 radical (unpaired) electrons. The van der Waals surface area contributed by atoms with Gasteiger partial charge in [-0.05, 0) is 30.3 Å². The van der Waals surface area contributed by atoms with Crippen molar-refractivity contribution in [1.82, 2.24) is 9.97 Å². The summed E-state index contributed by atoms with van der Waals surface area (Å²) in [4.78, 5) is 8.29. The number of hydrogen-bond donors (Lipinski definition) is 0. The lowest BCUT2D eigenvalue weighted by Crippen LogP contribution is -1.90. The van der Waals surface area contributed by atoms with Crippen molar-refractivity contribution in [2.45, 2.75) is 0 Å². The molecule has 3 aromatic rings. The summed E-state index contributed by atoms with van der Waals surface area (Å²) in [6.07, 6.45) is 4.47. The molecule has 0 saturated heterocycles. The molecule has 3 nitrogen and oxygen atoms in total. The average molecular weight is 325 g/mol. The number of benzene rings is 1. The van der Waals surface area contributed by atoms with E-state index in [0.717, 1.165) is 17.7 Å². The fraction of sp³-hybridized carbons (Fsp3) is 0. The van der Waals surface area contributed by atoms with Gasteiger partial charge in [0.15, 0.2) is 0 Å². The highest BCUT2D eigenvalue weighted by Gasteiger charge is 2.12. The van der Waals surface area contributed by atoms with Crippen molar-refractivity contribution < 1.29 is 8.78 Å². The van der Waals surface area contributed by atoms with Gasteiger partial charge in [0, 0.05) is 28.9 Å². The molecule has 1 aromatic carbocycles. The minimum atomic E-state index is -0.719. The maximum atomic E-state index is 13.7. The number of halogens is 2. The minimum Gasteiger partial charge on any atom is -0.265 e. The first kappa shape index (κ1) is 15.0. The highest BCUT2D eigenvalue weighted by atomic mass is 32.1. The van der Waals surface area contributed by atoms with Gasteiger partial charge >= 0.3 is 0 Å². The number of hydrogen-bond acceptors (Lipinski definition) is 4. The van der Waals surface area contributed by atoms with Crippen LogP contribution in [0.2, 0.25) is 0 Å². The van der Waals surface area contributed by atoms with E-state index in [1.165, 1.54) is 23.5 Å². The Labute approximate surface area is 135 Å². The number of nitrogens with zero attached hydrogens (tertiary/aromatic N) is 3. The zero-order valence-electron chi connectivity index (χ0n) is 11.7. The van der Waals surface area contributed by atoms with Crippen LogP contribution < -0.4 is 0 Å². The van der Waals surface area contributed by atoms with E-state index in [-0.39, 0.29) is 11.1 Å². The van der Waals surface area contributed by atoms with E-state index in [1.54, 1.807) is 29.9 Å². The summed E-state index contributed by atoms with van der Waals surface area (Å²) in [6, 6.07) is 9.11. The molecule has 0 bridgehead atoms. The van der Waals surface area contributed by atoms with Gasteiger partial charge in [-0.15, -0.1) is 11.3 Å². The van der Waals surface area contributed by atoms with Crippen LogP contribution in [0.1, 0.15) is 10.6 Å². The van der Waals surface area contributed by atoms with Gasteiger partial charge in [-0.2, -0.15) is 5.26 Å². The van der Waals surface area contributed by atoms with Crippen LogP contribution in [-0.2, 0) is 0 Å². The Morgan fingerprint density at radius 2 is 1.83 bits per heavy atom. The van der Waals surface area contributed by atoms with Gasteiger partial charge in [-0.3, -0.25) is 4.98 Å². The molecule has 0 aliphatic carbocycles. The zero-order valence-corrected chi connectivity index (χ0v) is 12.5. The fourth-order valence-corrected chi connectivity index (χ4v) is 2.78. The quantitative estimate of drug-likeness (QED) is 0.664. The molecule has 2 heterocycles. The molecule has 0 aliphatic rings. The molecule has 0 N–H and O–H groups in total. The van der Waals surface area contributed by atoms with Gasteiger partial charge < -0.3 is 0 Å². The largest absolute Gasteiger partial charge is 0.265 e. The van der Waals surface area contributed by atoms with E-state index in [4.69, 9.17) is 0 Å². The molecule has 0 saturated carbocycles. The van der Waals surface area contributed by atoms with Gasteiger partial charge in [0.2, 0.25) is 0 Å². The van der Waals surface area contributed by atoms with Crippen LogP contribution in [0.25, 0.3) is 22.9 Å². The second-order valence-corrected chi connectivity index (χ2v) is 5.44. The first-order valence-corrected chi connectivity index (χ1v) is 7.49. The lowest BCUT2D eigenvalue weighted by Gasteiger charge is -2.00. The molecule has 0 spiro atoms. The molecule has 0 aliphatic heterocycles. The molecule has 0 unspecified atom stereocenters. The van der Waals surface area contributed by atoms with Gasteiger partial charge in [0.1, 0.15) is 22.7 Å². The molecule has 0 fully saturated rings. The van der Waals surface area contributed by atoms with Gasteiger partial charge in [0.25, 0.3) is 0 Å². The third kappa shape index (κ3) is 3.15. The molecule has 23 heavy (non-hydrogen) atoms. The van der Waals surface area contributed by atoms with Crippen molar-refractivity contribution in [3.63, 3.8) is 0 Å². The predicted molar refractivity (Wildman–Crippen MR) is 85.2 cm³/mol. The highest BCUT2D eigenvalue weighted by Crippen LogP contribution is 2.27. The van der Waals surface area contributed by atoms with E-state index < -0.39 is 11.6 Å². The number of nitriles is 1. The maximum Gasteiger partial charge on any atom is 0.134 e. The van der Waals surface area contributed by atoms with Gasteiger partial charge in [-0.1, -0.05) is 6.07 Å². The van der Waals surface area contributed by atoms with Crippen LogP contribution in [0, 0.1) is 23.0 Å². The molecule has 3 rings (SSSR count). The number of allylic oxidation sites excluding steroid dienone is 1. The fourth-order valence-electron chi connectivity index (χ4n) is 1.99. The third-order valence-corrected chi connectivity index (χ3v) is 4.00. The Kier molecular flexibility index (Phi) is 4.22. The Morgan fingerprint density at radius 1 is 1.13 bits per heavy atom. The Hall–Kier alpha value is -2.91. The summed E-state index contributed by atoms with van der Waals surface area (Å²) >= 11 is 1.24. The van der Waals surface area contributed by atoms with E-state index >= 15 is 0 Å². The molecule has 0 atom stereocenters. The minimum absolute atomic E-state index is 0.110. The lowest BCUT2D eigenvalue weighted by atomic mass is 10.1. The topological polar surface area (TPSA) is 49.6 Å². The van der Waals surface area contributed by atoms with E-state index in [0.29, 0.717) is 10.7 Å². The number of pyridine rings is 1. The summed E-state index contributed by atoms with van der Waals surface area (Å²) < 4.78 is 27.4. The van der Waals surface area contributed by atoms with Crippen molar-refractivity contribution in [2.24, 2.45) is 0 Å². The average Bonchev–Trinajstić information content (AvgIpc) is 3.05. The second kappa shape index (κ2) is 6.46. The van der Waals surface area contributed by atoms with Gasteiger partial charge in [0.05, 0.1) is 11.3 Å². The summed E-state index contributed by atoms with van der Waals surface area (Å²) in [5, 5.41) is 11.5. The van der Waals surface area contributed by atoms with Gasteiger partial charge in [-0.25, -0.2) is 13.8 Å². The smallest absolute Gasteiger partial charge is 0.134 e. The summed E-state index contributed by atoms with van der Waals surface area (Å²) in [5.74, 6) is -1.44. The van der Waals surface area contributed by atoms with Crippen molar-refractivity contribution in [3.05, 3.63) is 70.3 Å². The van der Waals surface area contributed by atoms with E-state index in [1.807, 2.05) is 6.07 Å². The SMILES string of the molecule is N#C/C(=C\c1c(F)cccc1F)c1nc(-c2ccncc2)cs1. The maximum absolute atomic E-state index is 13.7. The van der Waals surface area contributed by atoms with E-state index in [9.17, 15) is 14.0 Å². The normalized spacial score (nSPS) is 11.3. The Bertz CT molecular complexity index is 891. The molecule has 0 amide bonds. The molecular formula is C17H9F2N3S. The number of thiazole rings is 1. The van der Waals surface area contributed by atoms with Crippen LogP contribution in [0.15, 0.2) is 48.1 Å². The Balaban J connectivity index is 2.01. The first-order valence-electron chi connectivity index (χ1n) is 6.61. The third-order valence-electron chi connectivity index (χ3n) is 3.12. The summed E-state index contributed by atoms with van der Waals surface area (Å²) in [7, 11) is 0. The van der Waals surface area contributed by atoms with Crippen LogP contribution in [-0.4, -0.2) is 9.97 Å². The number of rotatable bonds is 3. The number of aromatic nitrogens is 2. The summed E-state index contributed by atoms with van der Waals surface area (Å²) in [5.41, 5.74) is 1.41. The van der Waals surface area contributed by atoms with Crippen LogP contribution >= 0.6 is 11.3 Å². The van der Waals surface area contributed by atoms with Crippen molar-refractivity contribution in [3.8, 4) is 17.3 Å². The Morgan fingerprint density at radius 3 is 2.48 bits per heavy atom. The highest BCUT2D eigenvalue weighted by molar-refractivity contribution is 7.11. The van der Waals surface area contributed by atoms with Crippen LogP contribution in [0.4, 0.5) is 8.78 Å². The monoisotopic (exact) mass is 325 g/mol. The molecular weight excluding hydrogens is 316 g/mol. The lowest BCUT2D eigenvalue weighted by molar-refractivity contribution is 0.579. The first-order chi connectivity index (χ1) is 11.2. The van der Waals surface area contributed by atoms with Crippen LogP contribution in [0.3, 0.4) is 0 Å². The summed E-state index contributed by atoms with van der Waals surface area (Å²) in [6.45, 7) is 0. The molecule has 6 heteroatoms. The van der Waals surface area contributed by atoms with E-state index in [2.05, 4.69) is 9.97 Å². The predicted octanol–water partition coefficient (Wildman–Crippen LogP) is 4.55. The second-order valence-electron chi connectivity index (χ2n) is 4.58. The molecule has 112 valence electrons. The molecule has 2 aromatic heterocycles. The van der Waals surface area contributed by atoms with Crippen LogP contribution in [0.5, 0.6) is 0 Å². The van der Waals surface area contributed by atoms with Crippen molar-refractivity contribution in [1.29, 1.82) is 5.26 Å².